The number of rotatable bonds is 11. The van der Waals surface area contributed by atoms with Crippen LogP contribution in [0.2, 0.25) is 0 Å². The molecule has 182 valence electrons. The van der Waals surface area contributed by atoms with E-state index in [0.29, 0.717) is 0 Å². The molecule has 2 aliphatic rings. The predicted molar refractivity (Wildman–Crippen MR) is 142 cm³/mol. The Bertz CT molecular complexity index is 1130. The molecular formula is C29H38N2O2S. The van der Waals surface area contributed by atoms with E-state index in [9.17, 15) is 8.42 Å². The van der Waals surface area contributed by atoms with Crippen molar-refractivity contribution in [3.05, 3.63) is 83.9 Å². The van der Waals surface area contributed by atoms with Crippen LogP contribution in [0.1, 0.15) is 75.8 Å². The summed E-state index contributed by atoms with van der Waals surface area (Å²) >= 11 is 0. The monoisotopic (exact) mass is 478 g/mol. The van der Waals surface area contributed by atoms with Gasteiger partial charge in [0.25, 0.3) is 10.2 Å². The molecule has 0 amide bonds. The van der Waals surface area contributed by atoms with Crippen molar-refractivity contribution < 1.29 is 8.42 Å². The predicted octanol–water partition coefficient (Wildman–Crippen LogP) is 6.48. The molecule has 4 nitrogen and oxygen atoms in total. The van der Waals surface area contributed by atoms with E-state index in [2.05, 4.69) is 72.8 Å². The fourth-order valence-corrected chi connectivity index (χ4v) is 7.16. The highest BCUT2D eigenvalue weighted by Crippen LogP contribution is 2.64. The van der Waals surface area contributed by atoms with Crippen molar-refractivity contribution in [2.24, 2.45) is 16.5 Å². The maximum Gasteiger partial charge on any atom is 0.274 e. The fraction of sp³-hybridized carbons (Fsp3) is 0.448. The third kappa shape index (κ3) is 5.37. The van der Waals surface area contributed by atoms with Gasteiger partial charge in [-0.25, -0.2) is 5.14 Å². The van der Waals surface area contributed by atoms with Gasteiger partial charge in [-0.3, -0.25) is 0 Å². The normalized spacial score (nSPS) is 24.4. The van der Waals surface area contributed by atoms with Crippen molar-refractivity contribution in [2.45, 2.75) is 70.8 Å². The average molecular weight is 479 g/mol. The Labute approximate surface area is 205 Å². The minimum Gasteiger partial charge on any atom is -0.216 e. The first-order valence-electron chi connectivity index (χ1n) is 12.7. The van der Waals surface area contributed by atoms with Crippen LogP contribution < -0.4 is 9.86 Å². The van der Waals surface area contributed by atoms with Crippen LogP contribution in [0.5, 0.6) is 0 Å². The van der Waals surface area contributed by atoms with E-state index < -0.39 is 10.2 Å². The van der Waals surface area contributed by atoms with Crippen LogP contribution >= 0.6 is 0 Å². The zero-order valence-electron chi connectivity index (χ0n) is 20.3. The lowest BCUT2D eigenvalue weighted by molar-refractivity contribution is 0.292. The summed E-state index contributed by atoms with van der Waals surface area (Å²) in [6.07, 6.45) is 9.42. The molecule has 5 heteroatoms. The Morgan fingerprint density at radius 1 is 1.06 bits per heavy atom. The summed E-state index contributed by atoms with van der Waals surface area (Å²) in [6, 6.07) is 20.9. The lowest BCUT2D eigenvalue weighted by Gasteiger charge is -2.36. The quantitative estimate of drug-likeness (QED) is 0.363. The summed E-state index contributed by atoms with van der Waals surface area (Å²) in [5.74, 6) is 0.183. The van der Waals surface area contributed by atoms with Crippen molar-refractivity contribution in [3.63, 3.8) is 0 Å². The lowest BCUT2D eigenvalue weighted by Crippen LogP contribution is -2.43. The van der Waals surface area contributed by atoms with Crippen LogP contribution in [0.15, 0.2) is 72.8 Å². The fourth-order valence-electron chi connectivity index (χ4n) is 6.46. The van der Waals surface area contributed by atoms with Crippen LogP contribution in [0.4, 0.5) is 0 Å². The first kappa shape index (κ1) is 24.9. The van der Waals surface area contributed by atoms with Crippen LogP contribution in [0.25, 0.3) is 11.1 Å². The second kappa shape index (κ2) is 10.6. The second-order valence-electron chi connectivity index (χ2n) is 10.1. The van der Waals surface area contributed by atoms with Gasteiger partial charge in [-0.05, 0) is 66.7 Å². The molecule has 4 rings (SSSR count). The zero-order chi connectivity index (χ0) is 24.2. The van der Waals surface area contributed by atoms with E-state index in [1.807, 2.05) is 6.07 Å². The van der Waals surface area contributed by atoms with E-state index in [0.717, 1.165) is 43.2 Å². The summed E-state index contributed by atoms with van der Waals surface area (Å²) < 4.78 is 26.9. The van der Waals surface area contributed by atoms with Gasteiger partial charge in [0.05, 0.1) is 0 Å². The van der Waals surface area contributed by atoms with Crippen LogP contribution in [0.3, 0.4) is 0 Å². The van der Waals surface area contributed by atoms with Crippen LogP contribution in [0, 0.1) is 11.3 Å². The zero-order valence-corrected chi connectivity index (χ0v) is 21.1. The van der Waals surface area contributed by atoms with Crippen LogP contribution in [-0.4, -0.2) is 14.5 Å². The van der Waals surface area contributed by atoms with E-state index >= 15 is 0 Å². The largest absolute Gasteiger partial charge is 0.274 e. The highest BCUT2D eigenvalue weighted by Gasteiger charge is 2.55. The second-order valence-corrected chi connectivity index (χ2v) is 11.4. The summed E-state index contributed by atoms with van der Waals surface area (Å²) in [5, 5.41) is 5.46. The number of hydrogen-bond donors (Lipinski definition) is 2. The number of benzene rings is 2. The van der Waals surface area contributed by atoms with Crippen molar-refractivity contribution >= 4 is 21.4 Å². The van der Waals surface area contributed by atoms with Gasteiger partial charge in [0.1, 0.15) is 0 Å². The molecule has 0 heterocycles. The number of allylic oxidation sites excluding steroid dienone is 3. The molecule has 34 heavy (non-hydrogen) atoms. The minimum absolute atomic E-state index is 0.142. The minimum atomic E-state index is -3.77. The van der Waals surface area contributed by atoms with Gasteiger partial charge in [0, 0.05) is 11.5 Å². The number of unbranched alkanes of at least 4 members (excludes halogenated alkanes) is 3. The average Bonchev–Trinajstić information content (AvgIpc) is 3.30. The molecule has 1 unspecified atom stereocenters. The molecule has 0 aliphatic heterocycles. The molecule has 1 saturated carbocycles. The molecule has 1 fully saturated rings. The van der Waals surface area contributed by atoms with E-state index in [1.54, 1.807) is 0 Å². The molecular weight excluding hydrogens is 440 g/mol. The number of hydrogen-bond acceptors (Lipinski definition) is 2. The topological polar surface area (TPSA) is 72.2 Å². The Hall–Kier alpha value is -2.21. The molecule has 0 aromatic heterocycles. The van der Waals surface area contributed by atoms with Gasteiger partial charge in [0.15, 0.2) is 0 Å². The third-order valence-electron chi connectivity index (χ3n) is 7.84. The molecule has 0 radical (unpaired) electrons. The molecule has 3 atom stereocenters. The van der Waals surface area contributed by atoms with E-state index in [-0.39, 0.29) is 17.4 Å². The first-order chi connectivity index (χ1) is 16.3. The number of nitrogens with two attached hydrogens (primary N) is 1. The summed E-state index contributed by atoms with van der Waals surface area (Å²) in [4.78, 5) is 0. The Morgan fingerprint density at radius 2 is 1.74 bits per heavy atom. The molecule has 2 aliphatic carbocycles. The van der Waals surface area contributed by atoms with Gasteiger partial charge >= 0.3 is 0 Å². The van der Waals surface area contributed by atoms with E-state index in [4.69, 9.17) is 5.14 Å². The van der Waals surface area contributed by atoms with Crippen molar-refractivity contribution in [2.75, 3.05) is 0 Å². The number of fused-ring (bicyclic) bond motifs is 1. The third-order valence-corrected chi connectivity index (χ3v) is 8.47. The molecule has 0 spiro atoms. The van der Waals surface area contributed by atoms with Crippen LogP contribution in [-0.2, 0) is 10.2 Å². The summed E-state index contributed by atoms with van der Waals surface area (Å²) in [7, 11) is -3.77. The molecule has 2 aromatic rings. The van der Waals surface area contributed by atoms with Gasteiger partial charge < -0.3 is 0 Å². The highest BCUT2D eigenvalue weighted by atomic mass is 32.2. The van der Waals surface area contributed by atoms with Gasteiger partial charge in [-0.2, -0.15) is 13.1 Å². The maximum absolute atomic E-state index is 12.0. The van der Waals surface area contributed by atoms with Gasteiger partial charge in [0.2, 0.25) is 0 Å². The Kier molecular flexibility index (Phi) is 7.76. The summed E-state index contributed by atoms with van der Waals surface area (Å²) in [6.45, 7) is 6.74. The SMILES string of the molecule is C=C(C[C@@]12CC[C@@H](NS(N)(=O)=O)C1CC(CCCCCC)=C2c1ccccc1)c1ccccc1. The van der Waals surface area contributed by atoms with Gasteiger partial charge in [-0.1, -0.05) is 99.0 Å². The van der Waals surface area contributed by atoms with Gasteiger partial charge in [-0.15, -0.1) is 0 Å². The molecule has 0 saturated heterocycles. The molecule has 3 N–H and O–H groups in total. The van der Waals surface area contributed by atoms with Crippen molar-refractivity contribution in [1.82, 2.24) is 4.72 Å². The van der Waals surface area contributed by atoms with Crippen molar-refractivity contribution in [3.8, 4) is 0 Å². The smallest absolute Gasteiger partial charge is 0.216 e. The molecule has 2 aromatic carbocycles. The standard InChI is InChI=1S/C29H38N2O2S/c1-3-4-5-8-17-25-20-26-27(31-34(30,32)33)18-19-29(26,28(25)24-15-11-7-12-16-24)21-22(2)23-13-9-6-10-14-23/h6-7,9-16,26-27,31H,2-5,8,17-21H2,1H3,(H2,30,32,33)/t26?,27-,29+/m1/s1. The summed E-state index contributed by atoms with van der Waals surface area (Å²) in [5.41, 5.74) is 6.33. The highest BCUT2D eigenvalue weighted by molar-refractivity contribution is 7.87. The Morgan fingerprint density at radius 3 is 2.38 bits per heavy atom. The first-order valence-corrected chi connectivity index (χ1v) is 14.2. The number of nitrogens with one attached hydrogen (secondary N) is 1. The van der Waals surface area contributed by atoms with E-state index in [1.165, 1.54) is 42.4 Å². The lowest BCUT2D eigenvalue weighted by atomic mass is 9.68. The maximum atomic E-state index is 12.0. The molecule has 0 bridgehead atoms. The Balaban J connectivity index is 1.76. The van der Waals surface area contributed by atoms with Crippen molar-refractivity contribution in [1.29, 1.82) is 0 Å².